The SMILES string of the molecule is N.[B]=O.[Ta]. The van der Waals surface area contributed by atoms with Crippen molar-refractivity contribution in [3.63, 3.8) is 0 Å². The Balaban J connectivity index is -0.00000000500. The van der Waals surface area contributed by atoms with Crippen LogP contribution in [0.15, 0.2) is 0 Å². The molecule has 2 radical (unpaired) electrons. The molecular weight excluding hydrogens is 222 g/mol. The van der Waals surface area contributed by atoms with Gasteiger partial charge in [-0.25, -0.2) is 0 Å². The van der Waals surface area contributed by atoms with E-state index in [-0.39, 0.29) is 28.5 Å². The van der Waals surface area contributed by atoms with Gasteiger partial charge in [0.1, 0.15) is 0 Å². The summed E-state index contributed by atoms with van der Waals surface area (Å²) in [6, 6.07) is 0. The van der Waals surface area contributed by atoms with Gasteiger partial charge in [-0.3, -0.25) is 0 Å². The van der Waals surface area contributed by atoms with Crippen LogP contribution in [0.2, 0.25) is 0 Å². The van der Waals surface area contributed by atoms with E-state index in [9.17, 15) is 0 Å². The predicted octanol–water partition coefficient (Wildman–Crippen LogP) is -0.340. The van der Waals surface area contributed by atoms with E-state index in [4.69, 9.17) is 4.70 Å². The van der Waals surface area contributed by atoms with Crippen LogP contribution in [0.4, 0.5) is 0 Å². The van der Waals surface area contributed by atoms with Gasteiger partial charge in [0, 0.05) is 22.4 Å². The molecule has 0 rings (SSSR count). The van der Waals surface area contributed by atoms with Crippen molar-refractivity contribution in [2.75, 3.05) is 0 Å². The minimum Gasteiger partial charge on any atom is 0 e. The molecule has 0 aliphatic carbocycles. The molecule has 0 fully saturated rings. The summed E-state index contributed by atoms with van der Waals surface area (Å²) in [5.41, 5.74) is 0. The Bertz CT molecular complexity index is 8.00. The van der Waals surface area contributed by atoms with Gasteiger partial charge in [0.25, 0.3) is 0 Å². The molecule has 0 heterocycles. The molecule has 0 aromatic carbocycles. The average Bonchev–Trinajstić information content (AvgIpc) is 1.00. The summed E-state index contributed by atoms with van der Waals surface area (Å²) in [6.07, 6.45) is 0. The summed E-state index contributed by atoms with van der Waals surface area (Å²) in [4.78, 5) is 0. The maximum atomic E-state index is 7.75. The Hall–Kier alpha value is 0.565. The number of hydrogen-bond donors (Lipinski definition) is 1. The largest absolute Gasteiger partial charge is 0 e. The molecule has 0 saturated carbocycles. The van der Waals surface area contributed by atoms with Crippen LogP contribution in [0.3, 0.4) is 0 Å². The zero-order valence-electron chi connectivity index (χ0n) is 2.14. The van der Waals surface area contributed by atoms with E-state index in [2.05, 4.69) is 7.72 Å². The van der Waals surface area contributed by atoms with Crippen molar-refractivity contribution in [2.45, 2.75) is 0 Å². The third kappa shape index (κ3) is 19.7. The van der Waals surface area contributed by atoms with E-state index in [0.717, 1.165) is 0 Å². The van der Waals surface area contributed by atoms with Crippen molar-refractivity contribution < 1.29 is 27.1 Å². The van der Waals surface area contributed by atoms with Gasteiger partial charge < -0.3 is 6.15 Å². The molecule has 0 aliphatic heterocycles. The van der Waals surface area contributed by atoms with E-state index in [0.29, 0.717) is 0 Å². The van der Waals surface area contributed by atoms with Crippen molar-refractivity contribution in [3.8, 4) is 0 Å². The van der Waals surface area contributed by atoms with Gasteiger partial charge in [-0.1, -0.05) is 0 Å². The average molecular weight is 225 g/mol. The Morgan fingerprint density at radius 1 is 1.25 bits per heavy atom. The molecule has 3 N–H and O–H groups in total. The second kappa shape index (κ2) is 73.4. The molecule has 0 spiro atoms. The van der Waals surface area contributed by atoms with Crippen molar-refractivity contribution in [1.29, 1.82) is 0 Å². The fourth-order valence-corrected chi connectivity index (χ4v) is 0. The Morgan fingerprint density at radius 2 is 1.25 bits per heavy atom. The summed E-state index contributed by atoms with van der Waals surface area (Å²) in [6.45, 7) is 0. The van der Waals surface area contributed by atoms with Gasteiger partial charge in [-0.05, 0) is 0 Å². The Morgan fingerprint density at radius 3 is 1.25 bits per heavy atom. The Labute approximate surface area is 41.5 Å². The minimum absolute atomic E-state index is 0. The van der Waals surface area contributed by atoms with E-state index >= 15 is 0 Å². The quantitative estimate of drug-likeness (QED) is 0.573. The number of hydrogen-bond acceptors (Lipinski definition) is 2. The molecule has 0 atom stereocenters. The van der Waals surface area contributed by atoms with Crippen molar-refractivity contribution in [1.82, 2.24) is 6.15 Å². The molecule has 22 valence electrons. The molecule has 2 nitrogen and oxygen atoms in total. The van der Waals surface area contributed by atoms with Gasteiger partial charge in [0.15, 0.2) is 0 Å². The van der Waals surface area contributed by atoms with Crippen LogP contribution in [-0.2, 0) is 27.1 Å². The minimum atomic E-state index is 0. The van der Waals surface area contributed by atoms with Crippen LogP contribution >= 0.6 is 0 Å². The summed E-state index contributed by atoms with van der Waals surface area (Å²) < 4.78 is 7.75. The third-order valence-corrected chi connectivity index (χ3v) is 0. The third-order valence-electron chi connectivity index (χ3n) is 0. The first-order valence-corrected chi connectivity index (χ1v) is 0.236. The van der Waals surface area contributed by atoms with Gasteiger partial charge >= 0.3 is 12.4 Å². The van der Waals surface area contributed by atoms with Crippen LogP contribution in [-0.4, -0.2) is 7.72 Å². The normalized spacial score (nSPS) is 0.750. The summed E-state index contributed by atoms with van der Waals surface area (Å²) >= 11 is 0. The number of rotatable bonds is 0. The molecule has 0 aliphatic rings. The molecule has 4 heavy (non-hydrogen) atoms. The van der Waals surface area contributed by atoms with E-state index in [1.54, 1.807) is 0 Å². The van der Waals surface area contributed by atoms with Gasteiger partial charge in [0.05, 0.1) is 0 Å². The van der Waals surface area contributed by atoms with Crippen LogP contribution in [0.5, 0.6) is 0 Å². The predicted molar refractivity (Wildman–Crippen MR) is 11.5 cm³/mol. The van der Waals surface area contributed by atoms with Crippen LogP contribution in [0, 0.1) is 0 Å². The molecule has 0 aromatic rings. The van der Waals surface area contributed by atoms with E-state index in [1.165, 1.54) is 0 Å². The van der Waals surface area contributed by atoms with Crippen LogP contribution < -0.4 is 6.15 Å². The van der Waals surface area contributed by atoms with Crippen LogP contribution in [0.25, 0.3) is 0 Å². The van der Waals surface area contributed by atoms with Crippen molar-refractivity contribution >= 4 is 7.72 Å². The summed E-state index contributed by atoms with van der Waals surface area (Å²) in [5, 5.41) is 0. The first-order valence-electron chi connectivity index (χ1n) is 0.236. The van der Waals surface area contributed by atoms with Gasteiger partial charge in [0.2, 0.25) is 0 Å². The molecule has 0 bridgehead atoms. The maximum absolute atomic E-state index is 7.75. The molecule has 0 saturated heterocycles. The van der Waals surface area contributed by atoms with Crippen LogP contribution in [0.1, 0.15) is 0 Å². The van der Waals surface area contributed by atoms with Crippen molar-refractivity contribution in [3.05, 3.63) is 0 Å². The summed E-state index contributed by atoms with van der Waals surface area (Å²) in [7, 11) is 3.25. The molecular formula is H3BNOTa. The second-order valence-corrected chi connectivity index (χ2v) is 0. The van der Waals surface area contributed by atoms with Crippen molar-refractivity contribution in [2.24, 2.45) is 0 Å². The zero-order valence-corrected chi connectivity index (χ0v) is 5.35. The summed E-state index contributed by atoms with van der Waals surface area (Å²) in [5.74, 6) is 0. The molecule has 4 heteroatoms. The first-order chi connectivity index (χ1) is 1.00. The molecule has 0 aromatic heterocycles. The monoisotopic (exact) mass is 225 g/mol. The maximum Gasteiger partial charge on any atom is 0 e. The topological polar surface area (TPSA) is 52.1 Å². The Kier molecular flexibility index (Phi) is 435. The second-order valence-electron chi connectivity index (χ2n) is 0. The fourth-order valence-electron chi connectivity index (χ4n) is 0. The van der Waals surface area contributed by atoms with E-state index < -0.39 is 0 Å². The van der Waals surface area contributed by atoms with Gasteiger partial charge in [-0.15, -0.1) is 0 Å². The standard InChI is InChI=1S/BO.H3N.Ta/c1-2;;/h;1H3;. The molecule has 0 unspecified atom stereocenters. The first kappa shape index (κ1) is 23.7. The zero-order chi connectivity index (χ0) is 2.00. The fraction of sp³-hybridized carbons (Fsp3) is 0. The smallest absolute Gasteiger partial charge is 0 e. The van der Waals surface area contributed by atoms with Gasteiger partial charge in [-0.2, -0.15) is 0 Å². The molecule has 0 amide bonds. The van der Waals surface area contributed by atoms with E-state index in [1.807, 2.05) is 0 Å².